The zero-order valence-electron chi connectivity index (χ0n) is 26.0. The summed E-state index contributed by atoms with van der Waals surface area (Å²) in [5, 5.41) is 22.0. The molecule has 248 valence electrons. The number of nitrogens with zero attached hydrogens (tertiary/aromatic N) is 4. The first kappa shape index (κ1) is 31.3. The molecule has 2 aromatic heterocycles. The van der Waals surface area contributed by atoms with E-state index in [0.29, 0.717) is 32.3 Å². The number of nitriles is 2. The van der Waals surface area contributed by atoms with Crippen molar-refractivity contribution in [2.45, 2.75) is 22.3 Å². The van der Waals surface area contributed by atoms with Gasteiger partial charge in [-0.3, -0.25) is 0 Å². The summed E-state index contributed by atoms with van der Waals surface area (Å²) in [6.07, 6.45) is 0. The fraction of sp³-hybridized carbons (Fsp3) is 0.0789. The molecule has 0 aliphatic carbocycles. The van der Waals surface area contributed by atoms with Crippen LogP contribution in [-0.2, 0) is 10.3 Å². The third-order valence-electron chi connectivity index (χ3n) is 9.18. The minimum absolute atomic E-state index is 0.170. The summed E-state index contributed by atoms with van der Waals surface area (Å²) in [6.45, 7) is 0. The van der Waals surface area contributed by atoms with Crippen LogP contribution in [0.15, 0.2) is 108 Å². The Morgan fingerprint density at radius 1 is 0.686 bits per heavy atom. The van der Waals surface area contributed by atoms with Crippen LogP contribution in [0.1, 0.15) is 60.0 Å². The summed E-state index contributed by atoms with van der Waals surface area (Å²) in [5.41, 5.74) is 2.42. The van der Waals surface area contributed by atoms with Crippen LogP contribution in [0.3, 0.4) is 0 Å². The lowest BCUT2D eigenvalue weighted by atomic mass is 9.76. The number of ether oxygens (including phenoxy) is 2. The Balaban J connectivity index is 1.24. The first-order valence-electron chi connectivity index (χ1n) is 15.5. The molecule has 4 heterocycles. The average molecular weight is 727 g/mol. The molecule has 5 aromatic carbocycles. The van der Waals surface area contributed by atoms with Gasteiger partial charge in [0.2, 0.25) is 0 Å². The molecule has 13 heteroatoms. The Hall–Kier alpha value is -5.64. The van der Waals surface area contributed by atoms with Gasteiger partial charge in [-0.1, -0.05) is 48.5 Å². The van der Waals surface area contributed by atoms with Gasteiger partial charge in [0.15, 0.2) is 5.60 Å². The van der Waals surface area contributed by atoms with Crippen LogP contribution in [0.5, 0.6) is 11.5 Å². The van der Waals surface area contributed by atoms with Crippen LogP contribution in [0.4, 0.5) is 0 Å². The van der Waals surface area contributed by atoms with Crippen LogP contribution in [0.25, 0.3) is 20.4 Å². The monoisotopic (exact) mass is 726 g/mol. The molecule has 51 heavy (non-hydrogen) atoms. The Bertz CT molecular complexity index is 2480. The van der Waals surface area contributed by atoms with Gasteiger partial charge < -0.3 is 23.1 Å². The minimum atomic E-state index is -4.16. The molecule has 2 aliphatic rings. The summed E-state index contributed by atoms with van der Waals surface area (Å²) < 4.78 is 45.4. The topological polar surface area (TPSA) is 170 Å². The molecular formula is C38H22N4O6S3. The molecule has 7 aromatic rings. The normalized spacial score (nSPS) is 17.5. The highest BCUT2D eigenvalue weighted by molar-refractivity contribution is 8.19. The Morgan fingerprint density at radius 3 is 1.71 bits per heavy atom. The van der Waals surface area contributed by atoms with Crippen molar-refractivity contribution in [2.24, 2.45) is 0 Å². The summed E-state index contributed by atoms with van der Waals surface area (Å²) in [5.74, 6) is -1.57. The van der Waals surface area contributed by atoms with Crippen molar-refractivity contribution in [3.8, 4) is 23.6 Å². The number of thiazole rings is 2. The first-order chi connectivity index (χ1) is 24.7. The van der Waals surface area contributed by atoms with Gasteiger partial charge >= 0.3 is 5.97 Å². The highest BCUT2D eigenvalue weighted by atomic mass is 32.3. The number of benzene rings is 5. The lowest BCUT2D eigenvalue weighted by Gasteiger charge is -2.37. The maximum atomic E-state index is 13.6. The lowest BCUT2D eigenvalue weighted by molar-refractivity contribution is 0.0224. The molecule has 0 bridgehead atoms. The summed E-state index contributed by atoms with van der Waals surface area (Å²) in [4.78, 5) is 22.8. The zero-order chi connectivity index (χ0) is 35.1. The molecule has 0 saturated carbocycles. The third kappa shape index (κ3) is 4.83. The molecule has 0 radical (unpaired) electrons. The van der Waals surface area contributed by atoms with Crippen molar-refractivity contribution in [2.75, 3.05) is 0 Å². The van der Waals surface area contributed by atoms with E-state index in [2.05, 4.69) is 12.1 Å². The molecule has 2 unspecified atom stereocenters. The second-order valence-corrected chi connectivity index (χ2v) is 15.7. The summed E-state index contributed by atoms with van der Waals surface area (Å²) in [6, 6.07) is 34.5. The molecule has 2 aliphatic heterocycles. The Kier molecular flexibility index (Phi) is 7.04. The maximum absolute atomic E-state index is 13.6. The van der Waals surface area contributed by atoms with Gasteiger partial charge in [0, 0.05) is 16.7 Å². The summed E-state index contributed by atoms with van der Waals surface area (Å²) >= 11 is 2.85. The third-order valence-corrected chi connectivity index (χ3v) is 12.3. The molecular weight excluding hydrogens is 705 g/mol. The highest BCUT2D eigenvalue weighted by Crippen LogP contribution is 2.58. The van der Waals surface area contributed by atoms with Crippen molar-refractivity contribution in [1.29, 1.82) is 10.5 Å². The number of hydrogen-bond donors (Lipinski definition) is 3. The number of carbonyl (C=O) groups is 1. The van der Waals surface area contributed by atoms with Crippen LogP contribution < -0.4 is 4.74 Å². The van der Waals surface area contributed by atoms with E-state index in [1.165, 1.54) is 40.9 Å². The van der Waals surface area contributed by atoms with Gasteiger partial charge in [-0.2, -0.15) is 10.5 Å². The van der Waals surface area contributed by atoms with Gasteiger partial charge in [0.25, 0.3) is 0 Å². The molecule has 0 fully saturated rings. The van der Waals surface area contributed by atoms with E-state index >= 15 is 0 Å². The lowest BCUT2D eigenvalue weighted by Crippen LogP contribution is -2.33. The smallest absolute Gasteiger partial charge is 0.340 e. The van der Waals surface area contributed by atoms with E-state index in [9.17, 15) is 29.0 Å². The second kappa shape index (κ2) is 11.4. The number of fused-ring (bicyclic) bond motifs is 8. The van der Waals surface area contributed by atoms with E-state index in [0.717, 1.165) is 20.4 Å². The van der Waals surface area contributed by atoms with Crippen LogP contribution >= 0.6 is 33.5 Å². The van der Waals surface area contributed by atoms with Crippen molar-refractivity contribution < 1.29 is 27.9 Å². The van der Waals surface area contributed by atoms with E-state index < -0.39 is 34.3 Å². The van der Waals surface area contributed by atoms with Crippen molar-refractivity contribution >= 4 is 59.9 Å². The fourth-order valence-electron chi connectivity index (χ4n) is 6.83. The number of aromatic nitrogens is 2. The number of para-hydroxylation sites is 2. The molecule has 3 N–H and O–H groups in total. The maximum Gasteiger partial charge on any atom is 0.340 e. The van der Waals surface area contributed by atoms with E-state index in [1.807, 2.05) is 48.5 Å². The van der Waals surface area contributed by atoms with Crippen molar-refractivity contribution in [3.05, 3.63) is 147 Å². The van der Waals surface area contributed by atoms with Crippen LogP contribution in [0, 0.1) is 22.7 Å². The molecule has 1 spiro atoms. The minimum Gasteiger partial charge on any atom is -0.456 e. The fourth-order valence-corrected chi connectivity index (χ4v) is 9.44. The van der Waals surface area contributed by atoms with Gasteiger partial charge in [-0.25, -0.2) is 14.8 Å². The quantitative estimate of drug-likeness (QED) is 0.145. The Labute approximate surface area is 299 Å². The summed E-state index contributed by atoms with van der Waals surface area (Å²) in [7, 11) is -4.16. The average Bonchev–Trinajstić information content (AvgIpc) is 3.83. The second-order valence-electron chi connectivity index (χ2n) is 12.1. The predicted octanol–water partition coefficient (Wildman–Crippen LogP) is 9.37. The van der Waals surface area contributed by atoms with E-state index in [-0.39, 0.29) is 27.5 Å². The van der Waals surface area contributed by atoms with Gasteiger partial charge in [-0.15, -0.1) is 22.7 Å². The molecule has 2 atom stereocenters. The highest BCUT2D eigenvalue weighted by Gasteiger charge is 2.54. The SMILES string of the molecule is N#CC(c1ccc2c(c1)Oc1cc(C(C#N)c3nc4ccccc4s3)ccc1C21OC(=O)c2ccc(S(O)(O)O)cc21)c1nc2ccccc2s1. The van der Waals surface area contributed by atoms with Crippen LogP contribution in [-0.4, -0.2) is 29.6 Å². The Morgan fingerprint density at radius 2 is 1.22 bits per heavy atom. The van der Waals surface area contributed by atoms with Gasteiger partial charge in [-0.05, 0) is 65.7 Å². The van der Waals surface area contributed by atoms with Crippen molar-refractivity contribution in [1.82, 2.24) is 9.97 Å². The number of rotatable bonds is 5. The van der Waals surface area contributed by atoms with Crippen molar-refractivity contribution in [3.63, 3.8) is 0 Å². The number of esters is 1. The van der Waals surface area contributed by atoms with Gasteiger partial charge in [0.05, 0.1) is 43.0 Å². The number of carbonyl (C=O) groups excluding carboxylic acids is 1. The molecule has 0 saturated heterocycles. The number of hydrogen-bond acceptors (Lipinski definition) is 12. The van der Waals surface area contributed by atoms with Crippen LogP contribution in [0.2, 0.25) is 0 Å². The molecule has 9 rings (SSSR count). The standard InChI is InChI=1S/C38H22N4O6S3/c39-18-24(35-41-29-5-1-3-7-33(29)49-35)20-9-13-26-31(15-20)47-32-16-21(25(19-40)36-42-30-6-2-4-8-34(30)50-36)10-14-27(32)38(26)28-17-22(51(44,45)46)11-12-23(28)37(43)48-38/h1-17,24-25,44-46H. The molecule has 10 nitrogen and oxygen atoms in total. The zero-order valence-corrected chi connectivity index (χ0v) is 28.5. The van der Waals surface area contributed by atoms with E-state index in [4.69, 9.17) is 19.4 Å². The first-order valence-corrected chi connectivity index (χ1v) is 18.7. The predicted molar refractivity (Wildman–Crippen MR) is 193 cm³/mol. The van der Waals surface area contributed by atoms with Gasteiger partial charge in [0.1, 0.15) is 44.2 Å². The largest absolute Gasteiger partial charge is 0.456 e. The molecule has 0 amide bonds. The van der Waals surface area contributed by atoms with E-state index in [1.54, 1.807) is 36.4 Å².